The molecule has 0 heterocycles. The molecule has 0 saturated carbocycles. The fraction of sp³-hybridized carbons (Fsp3) is 0.294. The van der Waals surface area contributed by atoms with Gasteiger partial charge in [0.05, 0.1) is 0 Å². The van der Waals surface area contributed by atoms with Gasteiger partial charge in [0.15, 0.2) is 0 Å². The predicted octanol–water partition coefficient (Wildman–Crippen LogP) is 4.08. The van der Waals surface area contributed by atoms with Crippen LogP contribution in [0.25, 0.3) is 0 Å². The smallest absolute Gasteiger partial charge is 0.128 e. The summed E-state index contributed by atoms with van der Waals surface area (Å²) in [5.41, 5.74) is 3.83. The Hall–Kier alpha value is -1.74. The van der Waals surface area contributed by atoms with Crippen LogP contribution >= 0.6 is 0 Å². The average Bonchev–Trinajstić information content (AvgIpc) is 2.38. The van der Waals surface area contributed by atoms with Crippen molar-refractivity contribution in [1.29, 1.82) is 0 Å². The van der Waals surface area contributed by atoms with E-state index in [1.165, 1.54) is 23.3 Å². The molecule has 0 fully saturated rings. The van der Waals surface area contributed by atoms with E-state index in [1.54, 1.807) is 7.05 Å². The van der Waals surface area contributed by atoms with Gasteiger partial charge in [0.2, 0.25) is 0 Å². The SMILES string of the molecule is CNC(Cc1cc(C)cc(C)c1)c1cc(F)ccc1F. The first kappa shape index (κ1) is 14.7. The van der Waals surface area contributed by atoms with E-state index in [-0.39, 0.29) is 11.9 Å². The summed E-state index contributed by atoms with van der Waals surface area (Å²) in [4.78, 5) is 0. The Kier molecular flexibility index (Phi) is 4.50. The third-order valence-electron chi connectivity index (χ3n) is 3.40. The molecule has 1 atom stereocenters. The van der Waals surface area contributed by atoms with Gasteiger partial charge in [0, 0.05) is 11.6 Å². The van der Waals surface area contributed by atoms with Crippen LogP contribution in [0.1, 0.15) is 28.3 Å². The summed E-state index contributed by atoms with van der Waals surface area (Å²) in [7, 11) is 1.76. The third-order valence-corrected chi connectivity index (χ3v) is 3.40. The molecule has 1 nitrogen and oxygen atoms in total. The normalized spacial score (nSPS) is 12.4. The van der Waals surface area contributed by atoms with Crippen LogP contribution < -0.4 is 5.32 Å². The minimum absolute atomic E-state index is 0.244. The first-order valence-electron chi connectivity index (χ1n) is 6.69. The molecule has 0 saturated heterocycles. The average molecular weight is 275 g/mol. The van der Waals surface area contributed by atoms with Crippen LogP contribution in [0.5, 0.6) is 0 Å². The third kappa shape index (κ3) is 3.42. The number of nitrogens with one attached hydrogen (secondary N) is 1. The molecule has 0 bridgehead atoms. The van der Waals surface area contributed by atoms with E-state index >= 15 is 0 Å². The lowest BCUT2D eigenvalue weighted by atomic mass is 9.96. The van der Waals surface area contributed by atoms with Crippen molar-refractivity contribution in [3.05, 3.63) is 70.3 Å². The van der Waals surface area contributed by atoms with Gasteiger partial charge < -0.3 is 5.32 Å². The summed E-state index contributed by atoms with van der Waals surface area (Å²) < 4.78 is 27.2. The summed E-state index contributed by atoms with van der Waals surface area (Å²) in [5, 5.41) is 3.07. The summed E-state index contributed by atoms with van der Waals surface area (Å²) in [6, 6.07) is 9.59. The fourth-order valence-corrected chi connectivity index (χ4v) is 2.57. The second kappa shape index (κ2) is 6.14. The van der Waals surface area contributed by atoms with Crippen molar-refractivity contribution in [3.63, 3.8) is 0 Å². The predicted molar refractivity (Wildman–Crippen MR) is 77.8 cm³/mol. The van der Waals surface area contributed by atoms with Gasteiger partial charge in [-0.05, 0) is 51.1 Å². The van der Waals surface area contributed by atoms with Gasteiger partial charge in [0.1, 0.15) is 11.6 Å². The molecule has 2 aromatic carbocycles. The molecule has 1 unspecified atom stereocenters. The van der Waals surface area contributed by atoms with E-state index in [4.69, 9.17) is 0 Å². The van der Waals surface area contributed by atoms with Crippen LogP contribution in [0.3, 0.4) is 0 Å². The van der Waals surface area contributed by atoms with Gasteiger partial charge in [-0.1, -0.05) is 29.3 Å². The monoisotopic (exact) mass is 275 g/mol. The van der Waals surface area contributed by atoms with E-state index in [0.29, 0.717) is 12.0 Å². The zero-order valence-corrected chi connectivity index (χ0v) is 12.0. The fourth-order valence-electron chi connectivity index (χ4n) is 2.57. The second-order valence-electron chi connectivity index (χ2n) is 5.21. The highest BCUT2D eigenvalue weighted by molar-refractivity contribution is 5.31. The minimum Gasteiger partial charge on any atom is -0.313 e. The Morgan fingerprint density at radius 1 is 1.00 bits per heavy atom. The van der Waals surface area contributed by atoms with Crippen LogP contribution in [0, 0.1) is 25.5 Å². The number of rotatable bonds is 4. The Balaban J connectivity index is 2.31. The highest BCUT2D eigenvalue weighted by Crippen LogP contribution is 2.23. The number of halogens is 2. The van der Waals surface area contributed by atoms with Crippen molar-refractivity contribution < 1.29 is 8.78 Å². The lowest BCUT2D eigenvalue weighted by Gasteiger charge is -2.18. The van der Waals surface area contributed by atoms with E-state index in [9.17, 15) is 8.78 Å². The standard InChI is InChI=1S/C17H19F2N/c1-11-6-12(2)8-13(7-11)9-17(20-3)15-10-14(18)4-5-16(15)19/h4-8,10,17,20H,9H2,1-3H3. The van der Waals surface area contributed by atoms with Gasteiger partial charge in [-0.3, -0.25) is 0 Å². The maximum atomic E-state index is 13.9. The first-order chi connectivity index (χ1) is 9.49. The molecule has 0 spiro atoms. The molecule has 1 N–H and O–H groups in total. The van der Waals surface area contributed by atoms with E-state index < -0.39 is 5.82 Å². The van der Waals surface area contributed by atoms with Gasteiger partial charge in [-0.2, -0.15) is 0 Å². The molecular weight excluding hydrogens is 256 g/mol. The molecule has 0 amide bonds. The zero-order valence-electron chi connectivity index (χ0n) is 12.0. The second-order valence-corrected chi connectivity index (χ2v) is 5.21. The highest BCUT2D eigenvalue weighted by Gasteiger charge is 2.15. The lowest BCUT2D eigenvalue weighted by molar-refractivity contribution is 0.523. The van der Waals surface area contributed by atoms with Crippen LogP contribution in [0.2, 0.25) is 0 Å². The van der Waals surface area contributed by atoms with Crippen LogP contribution in [-0.4, -0.2) is 7.05 Å². The molecule has 0 aromatic heterocycles. The largest absolute Gasteiger partial charge is 0.313 e. The molecule has 2 rings (SSSR count). The molecule has 0 aliphatic rings. The molecule has 3 heteroatoms. The molecule has 106 valence electrons. The molecule has 2 aromatic rings. The van der Waals surface area contributed by atoms with Gasteiger partial charge in [0.25, 0.3) is 0 Å². The van der Waals surface area contributed by atoms with Gasteiger partial charge in [-0.15, -0.1) is 0 Å². The van der Waals surface area contributed by atoms with Crippen molar-refractivity contribution in [2.75, 3.05) is 7.05 Å². The summed E-state index contributed by atoms with van der Waals surface area (Å²) >= 11 is 0. The van der Waals surface area contributed by atoms with Gasteiger partial charge >= 0.3 is 0 Å². The van der Waals surface area contributed by atoms with Crippen molar-refractivity contribution >= 4 is 0 Å². The quantitative estimate of drug-likeness (QED) is 0.886. The van der Waals surface area contributed by atoms with Crippen LogP contribution in [0.15, 0.2) is 36.4 Å². The zero-order chi connectivity index (χ0) is 14.7. The Morgan fingerprint density at radius 3 is 2.25 bits per heavy atom. The number of benzene rings is 2. The van der Waals surface area contributed by atoms with E-state index in [0.717, 1.165) is 11.6 Å². The maximum Gasteiger partial charge on any atom is 0.128 e. The molecule has 0 radical (unpaired) electrons. The topological polar surface area (TPSA) is 12.0 Å². The van der Waals surface area contributed by atoms with Gasteiger partial charge in [-0.25, -0.2) is 8.78 Å². The Morgan fingerprint density at radius 2 is 1.65 bits per heavy atom. The van der Waals surface area contributed by atoms with Crippen molar-refractivity contribution in [2.45, 2.75) is 26.3 Å². The van der Waals surface area contributed by atoms with Crippen LogP contribution in [0.4, 0.5) is 8.78 Å². The highest BCUT2D eigenvalue weighted by atomic mass is 19.1. The number of hydrogen-bond acceptors (Lipinski definition) is 1. The lowest BCUT2D eigenvalue weighted by Crippen LogP contribution is -2.20. The Labute approximate surface area is 118 Å². The molecule has 0 aliphatic heterocycles. The molecule has 0 aliphatic carbocycles. The maximum absolute atomic E-state index is 13.9. The van der Waals surface area contributed by atoms with E-state index in [1.807, 2.05) is 13.8 Å². The molecule has 20 heavy (non-hydrogen) atoms. The summed E-state index contributed by atoms with van der Waals surface area (Å²) in [6.07, 6.45) is 0.624. The first-order valence-corrected chi connectivity index (χ1v) is 6.69. The summed E-state index contributed by atoms with van der Waals surface area (Å²) in [6.45, 7) is 4.07. The number of hydrogen-bond donors (Lipinski definition) is 1. The van der Waals surface area contributed by atoms with Crippen molar-refractivity contribution in [3.8, 4) is 0 Å². The Bertz CT molecular complexity index is 588. The number of aryl methyl sites for hydroxylation is 2. The summed E-state index contributed by atoms with van der Waals surface area (Å²) in [5.74, 6) is -0.794. The molecular formula is C17H19F2N. The minimum atomic E-state index is -0.415. The number of likely N-dealkylation sites (N-methyl/N-ethyl adjacent to an activating group) is 1. The van der Waals surface area contributed by atoms with Crippen LogP contribution in [-0.2, 0) is 6.42 Å². The van der Waals surface area contributed by atoms with Crippen molar-refractivity contribution in [2.24, 2.45) is 0 Å². The van der Waals surface area contributed by atoms with Crippen molar-refractivity contribution in [1.82, 2.24) is 5.32 Å². The van der Waals surface area contributed by atoms with E-state index in [2.05, 4.69) is 23.5 Å².